The molecule has 8 heteroatoms. The molecule has 3 aromatic heterocycles. The molecule has 1 aliphatic carbocycles. The van der Waals surface area contributed by atoms with Gasteiger partial charge in [-0.2, -0.15) is 0 Å². The summed E-state index contributed by atoms with van der Waals surface area (Å²) in [5, 5.41) is 0. The number of hydrogen-bond acceptors (Lipinski definition) is 6. The lowest BCUT2D eigenvalue weighted by atomic mass is 10.1. The standard InChI is InChI=1S/C26H27N5O3/c32-22(14-24-27-11-12-28-24)19-6-3-7-21-26(19)31-25(30-21)15-23(33)20-9-8-18(16-29-20)34-13-10-17-4-1-2-5-17/h3,6-9,11-12,16-17H,1-2,4-5,10,13-15H2,(H,27,28)(H,30,31). The summed E-state index contributed by atoms with van der Waals surface area (Å²) in [6.07, 6.45) is 11.5. The predicted octanol–water partition coefficient (Wildman–Crippen LogP) is 4.49. The van der Waals surface area contributed by atoms with E-state index in [1.54, 1.807) is 42.9 Å². The van der Waals surface area contributed by atoms with Gasteiger partial charge in [-0.3, -0.25) is 9.59 Å². The van der Waals surface area contributed by atoms with Gasteiger partial charge >= 0.3 is 0 Å². The van der Waals surface area contributed by atoms with E-state index in [0.29, 0.717) is 46.3 Å². The van der Waals surface area contributed by atoms with Crippen LogP contribution in [0.4, 0.5) is 0 Å². The Morgan fingerprint density at radius 2 is 1.85 bits per heavy atom. The summed E-state index contributed by atoms with van der Waals surface area (Å²) < 4.78 is 5.80. The maximum atomic E-state index is 12.8. The Bertz CT molecular complexity index is 1270. The van der Waals surface area contributed by atoms with Crippen LogP contribution in [0, 0.1) is 5.92 Å². The molecule has 0 atom stereocenters. The highest BCUT2D eigenvalue weighted by Gasteiger charge is 2.18. The van der Waals surface area contributed by atoms with Crippen LogP contribution in [-0.4, -0.2) is 43.1 Å². The number of carbonyl (C=O) groups is 2. The normalized spacial score (nSPS) is 14.0. The first-order chi connectivity index (χ1) is 16.7. The van der Waals surface area contributed by atoms with Crippen molar-refractivity contribution in [2.45, 2.75) is 44.9 Å². The fraction of sp³-hybridized carbons (Fsp3) is 0.346. The number of pyridine rings is 1. The Kier molecular flexibility index (Phi) is 6.46. The predicted molar refractivity (Wildman–Crippen MR) is 127 cm³/mol. The van der Waals surface area contributed by atoms with Crippen molar-refractivity contribution in [1.29, 1.82) is 0 Å². The number of fused-ring (bicyclic) bond motifs is 1. The Hall–Kier alpha value is -3.81. The molecular weight excluding hydrogens is 430 g/mol. The first-order valence-corrected chi connectivity index (χ1v) is 11.8. The number of ketones is 2. The van der Waals surface area contributed by atoms with Crippen molar-refractivity contribution < 1.29 is 14.3 Å². The Balaban J connectivity index is 1.22. The molecule has 0 spiro atoms. The van der Waals surface area contributed by atoms with Crippen LogP contribution in [0.3, 0.4) is 0 Å². The lowest BCUT2D eigenvalue weighted by Crippen LogP contribution is -2.08. The summed E-state index contributed by atoms with van der Waals surface area (Å²) >= 11 is 0. The van der Waals surface area contributed by atoms with Crippen molar-refractivity contribution in [1.82, 2.24) is 24.9 Å². The number of ether oxygens (including phenoxy) is 1. The number of benzene rings is 1. The molecule has 0 bridgehead atoms. The molecule has 0 saturated heterocycles. The average Bonchev–Trinajstić information content (AvgIpc) is 3.61. The van der Waals surface area contributed by atoms with Crippen LogP contribution in [-0.2, 0) is 12.8 Å². The number of carbonyl (C=O) groups excluding carboxylic acids is 2. The number of aromatic amines is 2. The highest BCUT2D eigenvalue weighted by Crippen LogP contribution is 2.27. The molecule has 0 amide bonds. The fourth-order valence-corrected chi connectivity index (χ4v) is 4.55. The first kappa shape index (κ1) is 22.0. The molecule has 174 valence electrons. The summed E-state index contributed by atoms with van der Waals surface area (Å²) in [4.78, 5) is 44.6. The number of nitrogens with one attached hydrogen (secondary N) is 2. The number of H-pyrrole nitrogens is 2. The number of aromatic nitrogens is 5. The highest BCUT2D eigenvalue weighted by atomic mass is 16.5. The summed E-state index contributed by atoms with van der Waals surface area (Å²) in [7, 11) is 0. The summed E-state index contributed by atoms with van der Waals surface area (Å²) in [5.41, 5.74) is 2.13. The molecule has 0 unspecified atom stereocenters. The van der Waals surface area contributed by atoms with Gasteiger partial charge in [-0.25, -0.2) is 15.0 Å². The van der Waals surface area contributed by atoms with Gasteiger partial charge in [-0.1, -0.05) is 31.7 Å². The maximum absolute atomic E-state index is 12.8. The molecule has 3 heterocycles. The van der Waals surface area contributed by atoms with Crippen molar-refractivity contribution in [3.63, 3.8) is 0 Å². The lowest BCUT2D eigenvalue weighted by molar-refractivity contribution is 0.0981. The molecule has 5 rings (SSSR count). The minimum Gasteiger partial charge on any atom is -0.492 e. The third kappa shape index (κ3) is 5.06. The van der Waals surface area contributed by atoms with E-state index in [4.69, 9.17) is 4.74 Å². The molecule has 1 aromatic carbocycles. The smallest absolute Gasteiger partial charge is 0.188 e. The van der Waals surface area contributed by atoms with Crippen LogP contribution in [0.2, 0.25) is 0 Å². The van der Waals surface area contributed by atoms with Crippen molar-refractivity contribution in [3.8, 4) is 5.75 Å². The number of hydrogen-bond donors (Lipinski definition) is 2. The van der Waals surface area contributed by atoms with E-state index in [0.717, 1.165) is 12.3 Å². The molecule has 1 saturated carbocycles. The average molecular weight is 458 g/mol. The van der Waals surface area contributed by atoms with Gasteiger partial charge < -0.3 is 14.7 Å². The second-order valence-electron chi connectivity index (χ2n) is 8.79. The second kappa shape index (κ2) is 9.99. The van der Waals surface area contributed by atoms with Gasteiger partial charge in [0.1, 0.15) is 23.1 Å². The number of para-hydroxylation sites is 1. The second-order valence-corrected chi connectivity index (χ2v) is 8.79. The molecule has 8 nitrogen and oxygen atoms in total. The molecule has 1 fully saturated rings. The van der Waals surface area contributed by atoms with Gasteiger partial charge in [0.15, 0.2) is 11.6 Å². The van der Waals surface area contributed by atoms with Crippen LogP contribution < -0.4 is 4.74 Å². The Morgan fingerprint density at radius 3 is 2.62 bits per heavy atom. The molecule has 4 aromatic rings. The van der Waals surface area contributed by atoms with Crippen LogP contribution in [0.15, 0.2) is 48.9 Å². The Labute approximate surface area is 197 Å². The molecular formula is C26H27N5O3. The van der Waals surface area contributed by atoms with Gasteiger partial charge in [-0.05, 0) is 36.6 Å². The minimum absolute atomic E-state index is 0.0649. The number of nitrogens with zero attached hydrogens (tertiary/aromatic N) is 3. The summed E-state index contributed by atoms with van der Waals surface area (Å²) in [6.45, 7) is 0.680. The summed E-state index contributed by atoms with van der Waals surface area (Å²) in [5.74, 6) is 2.31. The van der Waals surface area contributed by atoms with E-state index in [1.165, 1.54) is 25.7 Å². The molecule has 1 aliphatic rings. The zero-order valence-electron chi connectivity index (χ0n) is 18.9. The number of imidazole rings is 2. The van der Waals surface area contributed by atoms with Gasteiger partial charge in [0, 0.05) is 18.0 Å². The molecule has 0 aliphatic heterocycles. The van der Waals surface area contributed by atoms with Crippen LogP contribution in [0.25, 0.3) is 11.0 Å². The van der Waals surface area contributed by atoms with E-state index in [2.05, 4.69) is 24.9 Å². The van der Waals surface area contributed by atoms with E-state index >= 15 is 0 Å². The van der Waals surface area contributed by atoms with Crippen molar-refractivity contribution >= 4 is 22.6 Å². The van der Waals surface area contributed by atoms with Gasteiger partial charge in [0.25, 0.3) is 0 Å². The quantitative estimate of drug-likeness (QED) is 0.339. The zero-order chi connectivity index (χ0) is 23.3. The van der Waals surface area contributed by atoms with Crippen LogP contribution >= 0.6 is 0 Å². The minimum atomic E-state index is -0.153. The molecule has 0 radical (unpaired) electrons. The van der Waals surface area contributed by atoms with Crippen LogP contribution in [0.5, 0.6) is 5.75 Å². The fourth-order valence-electron chi connectivity index (χ4n) is 4.55. The molecule has 34 heavy (non-hydrogen) atoms. The van der Waals surface area contributed by atoms with E-state index in [9.17, 15) is 9.59 Å². The third-order valence-corrected chi connectivity index (χ3v) is 6.36. The SMILES string of the molecule is O=C(Cc1nc2c(C(=O)Cc3ncc[nH]3)cccc2[nH]1)c1ccc(OCCC2CCCC2)cn1. The van der Waals surface area contributed by atoms with E-state index in [-0.39, 0.29) is 24.4 Å². The van der Waals surface area contributed by atoms with Gasteiger partial charge in [0.05, 0.1) is 36.7 Å². The molecule has 2 N–H and O–H groups in total. The van der Waals surface area contributed by atoms with Gasteiger partial charge in [-0.15, -0.1) is 0 Å². The van der Waals surface area contributed by atoms with E-state index in [1.807, 2.05) is 6.07 Å². The van der Waals surface area contributed by atoms with Crippen molar-refractivity contribution in [3.05, 3.63) is 71.8 Å². The summed E-state index contributed by atoms with van der Waals surface area (Å²) in [6, 6.07) is 8.87. The first-order valence-electron chi connectivity index (χ1n) is 11.8. The van der Waals surface area contributed by atoms with Crippen molar-refractivity contribution in [2.24, 2.45) is 5.92 Å². The lowest BCUT2D eigenvalue weighted by Gasteiger charge is -2.10. The number of rotatable bonds is 10. The van der Waals surface area contributed by atoms with E-state index < -0.39 is 0 Å². The Morgan fingerprint density at radius 1 is 1.00 bits per heavy atom. The largest absolute Gasteiger partial charge is 0.492 e. The zero-order valence-corrected chi connectivity index (χ0v) is 18.9. The van der Waals surface area contributed by atoms with Crippen molar-refractivity contribution in [2.75, 3.05) is 6.61 Å². The highest BCUT2D eigenvalue weighted by molar-refractivity contribution is 6.07. The van der Waals surface area contributed by atoms with Crippen LogP contribution in [0.1, 0.15) is 64.6 Å². The number of Topliss-reactive ketones (excluding diaryl/α,β-unsaturated/α-hetero) is 2. The topological polar surface area (TPSA) is 114 Å². The monoisotopic (exact) mass is 457 g/mol. The third-order valence-electron chi connectivity index (χ3n) is 6.36. The van der Waals surface area contributed by atoms with Gasteiger partial charge in [0.2, 0.25) is 0 Å². The maximum Gasteiger partial charge on any atom is 0.188 e.